The summed E-state index contributed by atoms with van der Waals surface area (Å²) in [7, 11) is 0. The first-order valence-electron chi connectivity index (χ1n) is 14.7. The Morgan fingerprint density at radius 2 is 1.61 bits per heavy atom. The lowest BCUT2D eigenvalue weighted by molar-refractivity contribution is -0.130. The van der Waals surface area contributed by atoms with E-state index in [1.807, 2.05) is 54.6 Å². The van der Waals surface area contributed by atoms with Gasteiger partial charge in [0.25, 0.3) is 0 Å². The van der Waals surface area contributed by atoms with E-state index < -0.39 is 11.6 Å². The lowest BCUT2D eigenvalue weighted by atomic mass is 9.94. The van der Waals surface area contributed by atoms with Gasteiger partial charge in [0.05, 0.1) is 0 Å². The van der Waals surface area contributed by atoms with Gasteiger partial charge in [-0.15, -0.1) is 11.3 Å². The summed E-state index contributed by atoms with van der Waals surface area (Å²) in [6.07, 6.45) is 12.0. The van der Waals surface area contributed by atoms with Gasteiger partial charge in [0.1, 0.15) is 35.1 Å². The number of ether oxygens (including phenoxy) is 2. The topological polar surface area (TPSA) is 110 Å². The van der Waals surface area contributed by atoms with Crippen LogP contribution in [0.15, 0.2) is 71.0 Å². The van der Waals surface area contributed by atoms with E-state index in [4.69, 9.17) is 9.47 Å². The minimum atomic E-state index is -0.873. The molecule has 3 rings (SSSR count). The van der Waals surface area contributed by atoms with Crippen molar-refractivity contribution in [2.75, 3.05) is 18.0 Å². The van der Waals surface area contributed by atoms with Crippen LogP contribution in [-0.4, -0.2) is 24.7 Å². The molecule has 1 aromatic heterocycles. The SMILES string of the molecule is C=C(C)C(=O)Oc1cc(N(CCCC)CCCC)ccc1/C=C/c1ccc(/C=C/C2=C(C#N)C(=C(C#N)C#N)OC2(C)C)s1. The summed E-state index contributed by atoms with van der Waals surface area (Å²) >= 11 is 1.54. The van der Waals surface area contributed by atoms with E-state index in [1.165, 1.54) is 0 Å². The number of unbranched alkanes of at least 4 members (excludes halogenated alkanes) is 2. The van der Waals surface area contributed by atoms with Crippen LogP contribution in [0.3, 0.4) is 0 Å². The van der Waals surface area contributed by atoms with Gasteiger partial charge in [-0.1, -0.05) is 39.3 Å². The van der Waals surface area contributed by atoms with Crippen LogP contribution >= 0.6 is 11.3 Å². The molecule has 0 bridgehead atoms. The number of thiophene rings is 1. The molecule has 8 heteroatoms. The average Bonchev–Trinajstić information content (AvgIpc) is 3.56. The van der Waals surface area contributed by atoms with Crippen molar-refractivity contribution in [1.29, 1.82) is 15.8 Å². The van der Waals surface area contributed by atoms with Gasteiger partial charge in [-0.3, -0.25) is 0 Å². The van der Waals surface area contributed by atoms with E-state index in [0.29, 0.717) is 16.9 Å². The second-order valence-electron chi connectivity index (χ2n) is 10.9. The smallest absolute Gasteiger partial charge is 0.338 e. The highest BCUT2D eigenvalue weighted by Crippen LogP contribution is 2.40. The quantitative estimate of drug-likeness (QED) is 0.0970. The van der Waals surface area contributed by atoms with Crippen molar-refractivity contribution in [2.24, 2.45) is 0 Å². The van der Waals surface area contributed by atoms with Gasteiger partial charge in [0.15, 0.2) is 11.3 Å². The molecule has 0 aliphatic carbocycles. The number of carbonyl (C=O) groups is 1. The minimum absolute atomic E-state index is 0.0185. The number of rotatable bonds is 13. The van der Waals surface area contributed by atoms with Gasteiger partial charge in [-0.25, -0.2) is 4.79 Å². The zero-order valence-electron chi connectivity index (χ0n) is 26.1. The van der Waals surface area contributed by atoms with Crippen molar-refractivity contribution in [1.82, 2.24) is 0 Å². The molecule has 0 fully saturated rings. The normalized spacial score (nSPS) is 13.8. The maximum atomic E-state index is 12.5. The standard InChI is InChI=1S/C36H38N4O3S/c1-7-9-19-40(20-10-8-2)28-13-11-26(33(21-28)42-35(41)25(3)4)12-14-29-15-16-30(44-29)17-18-32-31(24-39)34(27(22-37)23-38)43-36(32,5)6/h11-18,21H,3,7-10,19-20H2,1-2,4-6H3/b14-12+,18-17+. The van der Waals surface area contributed by atoms with E-state index in [9.17, 15) is 20.6 Å². The third-order valence-electron chi connectivity index (χ3n) is 7.03. The number of esters is 1. The first kappa shape index (κ1) is 33.7. The average molecular weight is 607 g/mol. The summed E-state index contributed by atoms with van der Waals surface area (Å²) in [5.41, 5.74) is 1.82. The highest BCUT2D eigenvalue weighted by Gasteiger charge is 2.38. The molecule has 0 unspecified atom stereocenters. The van der Waals surface area contributed by atoms with Crippen molar-refractivity contribution in [3.63, 3.8) is 0 Å². The number of allylic oxidation sites excluding steroid dienone is 2. The summed E-state index contributed by atoms with van der Waals surface area (Å²) < 4.78 is 11.6. The number of nitrogens with zero attached hydrogens (tertiary/aromatic N) is 4. The fourth-order valence-electron chi connectivity index (χ4n) is 4.57. The second kappa shape index (κ2) is 15.6. The molecule has 0 amide bonds. The summed E-state index contributed by atoms with van der Waals surface area (Å²) in [4.78, 5) is 16.8. The molecule has 0 saturated heterocycles. The Labute approximate surface area is 264 Å². The lowest BCUT2D eigenvalue weighted by Gasteiger charge is -2.25. The summed E-state index contributed by atoms with van der Waals surface area (Å²) in [5.74, 6) is 0.0392. The second-order valence-corrected chi connectivity index (χ2v) is 12.1. The fraction of sp³-hybridized carbons (Fsp3) is 0.333. The third kappa shape index (κ3) is 8.38. The Morgan fingerprint density at radius 3 is 2.16 bits per heavy atom. The summed E-state index contributed by atoms with van der Waals surface area (Å²) in [6, 6.07) is 15.7. The Hall–Kier alpha value is -4.84. The highest BCUT2D eigenvalue weighted by molar-refractivity contribution is 7.13. The van der Waals surface area contributed by atoms with E-state index >= 15 is 0 Å². The number of anilines is 1. The molecule has 7 nitrogen and oxygen atoms in total. The van der Waals surface area contributed by atoms with Crippen LogP contribution in [0.25, 0.3) is 18.2 Å². The molecular weight excluding hydrogens is 568 g/mol. The monoisotopic (exact) mass is 606 g/mol. The minimum Gasteiger partial charge on any atom is -0.480 e. The van der Waals surface area contributed by atoms with E-state index in [0.717, 1.165) is 59.8 Å². The van der Waals surface area contributed by atoms with Crippen LogP contribution in [0.2, 0.25) is 0 Å². The van der Waals surface area contributed by atoms with Gasteiger partial charge in [0.2, 0.25) is 0 Å². The summed E-state index contributed by atoms with van der Waals surface area (Å²) in [6.45, 7) is 15.2. The van der Waals surface area contributed by atoms with Gasteiger partial charge in [0, 0.05) is 51.3 Å². The Balaban J connectivity index is 1.91. The molecule has 1 aromatic carbocycles. The molecule has 1 aliphatic heterocycles. The summed E-state index contributed by atoms with van der Waals surface area (Å²) in [5, 5.41) is 28.3. The van der Waals surface area contributed by atoms with Crippen molar-refractivity contribution < 1.29 is 14.3 Å². The predicted octanol–water partition coefficient (Wildman–Crippen LogP) is 8.75. The number of carbonyl (C=O) groups excluding carboxylic acids is 1. The van der Waals surface area contributed by atoms with Crippen LogP contribution in [0.5, 0.6) is 5.75 Å². The van der Waals surface area contributed by atoms with Gasteiger partial charge in [-0.05, 0) is 76.1 Å². The third-order valence-corrected chi connectivity index (χ3v) is 8.05. The van der Waals surface area contributed by atoms with Crippen LogP contribution in [0.1, 0.15) is 75.6 Å². The largest absolute Gasteiger partial charge is 0.480 e. The predicted molar refractivity (Wildman–Crippen MR) is 177 cm³/mol. The van der Waals surface area contributed by atoms with Gasteiger partial charge >= 0.3 is 5.97 Å². The zero-order valence-corrected chi connectivity index (χ0v) is 26.9. The van der Waals surface area contributed by atoms with Gasteiger partial charge < -0.3 is 14.4 Å². The maximum absolute atomic E-state index is 12.5. The first-order valence-corrected chi connectivity index (χ1v) is 15.5. The molecule has 0 N–H and O–H groups in total. The van der Waals surface area contributed by atoms with E-state index in [2.05, 4.69) is 37.5 Å². The molecule has 2 heterocycles. The van der Waals surface area contributed by atoms with Crippen molar-refractivity contribution in [3.8, 4) is 24.0 Å². The number of nitriles is 3. The number of benzene rings is 1. The van der Waals surface area contributed by atoms with Crippen molar-refractivity contribution in [2.45, 2.75) is 65.9 Å². The van der Waals surface area contributed by atoms with Crippen LogP contribution in [0.4, 0.5) is 5.69 Å². The molecule has 0 radical (unpaired) electrons. The molecule has 2 aromatic rings. The molecule has 44 heavy (non-hydrogen) atoms. The number of hydrogen-bond acceptors (Lipinski definition) is 8. The van der Waals surface area contributed by atoms with E-state index in [-0.39, 0.29) is 16.9 Å². The number of hydrogen-bond donors (Lipinski definition) is 0. The molecule has 1 aliphatic rings. The highest BCUT2D eigenvalue weighted by atomic mass is 32.1. The molecule has 226 valence electrons. The lowest BCUT2D eigenvalue weighted by Crippen LogP contribution is -2.25. The van der Waals surface area contributed by atoms with Crippen molar-refractivity contribution >= 4 is 41.2 Å². The van der Waals surface area contributed by atoms with Crippen LogP contribution < -0.4 is 9.64 Å². The zero-order chi connectivity index (χ0) is 32.3. The van der Waals surface area contributed by atoms with Crippen molar-refractivity contribution in [3.05, 3.63) is 86.4 Å². The molecule has 0 atom stereocenters. The van der Waals surface area contributed by atoms with E-state index in [1.54, 1.807) is 38.2 Å². The molecule has 0 saturated carbocycles. The molecule has 0 spiro atoms. The Bertz CT molecular complexity index is 1630. The maximum Gasteiger partial charge on any atom is 0.338 e. The van der Waals surface area contributed by atoms with Gasteiger partial charge in [-0.2, -0.15) is 15.8 Å². The Morgan fingerprint density at radius 1 is 1.00 bits per heavy atom. The van der Waals surface area contributed by atoms with Crippen LogP contribution in [0, 0.1) is 34.0 Å². The van der Waals surface area contributed by atoms with Crippen LogP contribution in [-0.2, 0) is 9.53 Å². The Kier molecular flexibility index (Phi) is 11.9. The fourth-order valence-corrected chi connectivity index (χ4v) is 5.38. The first-order chi connectivity index (χ1) is 21.1. The molecular formula is C36H38N4O3S.